The molecular weight excluding hydrogens is 637 g/mol. The minimum Gasteiger partial charge on any atom is -0.311 e. The van der Waals surface area contributed by atoms with Gasteiger partial charge in [-0.25, -0.2) is 0 Å². The van der Waals surface area contributed by atoms with Crippen LogP contribution in [0.15, 0.2) is 194 Å². The lowest BCUT2D eigenvalue weighted by Gasteiger charge is -2.29. The van der Waals surface area contributed by atoms with E-state index in [9.17, 15) is 0 Å². The van der Waals surface area contributed by atoms with E-state index >= 15 is 0 Å². The average molecular weight is 671 g/mol. The van der Waals surface area contributed by atoms with E-state index in [4.69, 9.17) is 0 Å². The molecule has 0 saturated carbocycles. The molecule has 2 nitrogen and oxygen atoms in total. The van der Waals surface area contributed by atoms with Crippen LogP contribution in [0.3, 0.4) is 0 Å². The van der Waals surface area contributed by atoms with Crippen LogP contribution in [-0.2, 0) is 0 Å². The highest BCUT2D eigenvalue weighted by molar-refractivity contribution is 7.26. The topological polar surface area (TPSA) is 8.17 Å². The molecule has 0 radical (unpaired) electrons. The fraction of sp³-hybridized carbons (Fsp3) is 0.0417. The zero-order valence-corrected chi connectivity index (χ0v) is 28.8. The molecule has 0 spiro atoms. The van der Waals surface area contributed by atoms with Gasteiger partial charge in [-0.05, 0) is 83.8 Å². The van der Waals surface area contributed by atoms with Crippen LogP contribution in [0, 0.1) is 0 Å². The number of rotatable bonds is 6. The molecule has 2 aromatic heterocycles. The minimum absolute atomic E-state index is 0.322. The highest BCUT2D eigenvalue weighted by Crippen LogP contribution is 2.41. The number of allylic oxidation sites excluding steroid dienone is 3. The Balaban J connectivity index is 0.944. The van der Waals surface area contributed by atoms with Crippen LogP contribution in [0.1, 0.15) is 17.9 Å². The largest absolute Gasteiger partial charge is 0.311 e. The molecule has 0 N–H and O–H groups in total. The van der Waals surface area contributed by atoms with Crippen molar-refractivity contribution in [1.29, 1.82) is 0 Å². The molecule has 1 aliphatic rings. The summed E-state index contributed by atoms with van der Waals surface area (Å²) in [6.07, 6.45) is 8.01. The van der Waals surface area contributed by atoms with E-state index in [1.54, 1.807) is 0 Å². The Morgan fingerprint density at radius 1 is 0.529 bits per heavy atom. The molecule has 0 aliphatic heterocycles. The van der Waals surface area contributed by atoms with Gasteiger partial charge in [-0.15, -0.1) is 11.3 Å². The zero-order valence-electron chi connectivity index (χ0n) is 28.0. The van der Waals surface area contributed by atoms with Gasteiger partial charge < -0.3 is 9.47 Å². The van der Waals surface area contributed by atoms with Gasteiger partial charge in [0.05, 0.1) is 11.0 Å². The van der Waals surface area contributed by atoms with Crippen LogP contribution in [0.5, 0.6) is 0 Å². The molecule has 7 aromatic carbocycles. The van der Waals surface area contributed by atoms with E-state index < -0.39 is 0 Å². The first-order valence-electron chi connectivity index (χ1n) is 17.6. The number of nitrogens with zero attached hydrogens (tertiary/aromatic N) is 2. The maximum absolute atomic E-state index is 2.39. The van der Waals surface area contributed by atoms with E-state index in [0.29, 0.717) is 5.92 Å². The van der Waals surface area contributed by atoms with E-state index in [1.165, 1.54) is 70.1 Å². The third-order valence-electron chi connectivity index (χ3n) is 10.4. The molecule has 242 valence electrons. The summed E-state index contributed by atoms with van der Waals surface area (Å²) in [6.45, 7) is 0. The molecule has 1 atom stereocenters. The first kappa shape index (κ1) is 29.7. The summed E-state index contributed by atoms with van der Waals surface area (Å²) in [5, 5.41) is 5.24. The third kappa shape index (κ3) is 5.09. The van der Waals surface area contributed by atoms with Crippen LogP contribution in [0.4, 0.5) is 11.4 Å². The number of hydrogen-bond acceptors (Lipinski definition) is 2. The summed E-state index contributed by atoms with van der Waals surface area (Å²) in [5.74, 6) is 0.322. The molecule has 2 heterocycles. The molecule has 51 heavy (non-hydrogen) atoms. The molecule has 9 aromatic rings. The lowest BCUT2D eigenvalue weighted by molar-refractivity contribution is 0.839. The van der Waals surface area contributed by atoms with Crippen molar-refractivity contribution in [3.8, 4) is 16.8 Å². The van der Waals surface area contributed by atoms with E-state index in [1.807, 2.05) is 11.3 Å². The highest BCUT2D eigenvalue weighted by Gasteiger charge is 2.19. The summed E-state index contributed by atoms with van der Waals surface area (Å²) < 4.78 is 5.06. The quantitative estimate of drug-likeness (QED) is 0.171. The maximum Gasteiger partial charge on any atom is 0.0541 e. The van der Waals surface area contributed by atoms with Crippen molar-refractivity contribution in [2.24, 2.45) is 0 Å². The fourth-order valence-electron chi connectivity index (χ4n) is 7.88. The molecule has 0 bridgehead atoms. The predicted molar refractivity (Wildman–Crippen MR) is 219 cm³/mol. The van der Waals surface area contributed by atoms with E-state index in [0.717, 1.165) is 17.8 Å². The van der Waals surface area contributed by atoms with E-state index in [2.05, 4.69) is 198 Å². The van der Waals surface area contributed by atoms with Gasteiger partial charge in [0, 0.05) is 59.6 Å². The molecule has 0 amide bonds. The smallest absolute Gasteiger partial charge is 0.0541 e. The van der Waals surface area contributed by atoms with Gasteiger partial charge in [0.15, 0.2) is 0 Å². The van der Waals surface area contributed by atoms with Crippen LogP contribution in [0.25, 0.3) is 58.8 Å². The Hall–Kier alpha value is -6.16. The summed E-state index contributed by atoms with van der Waals surface area (Å²) in [7, 11) is 0. The Morgan fingerprint density at radius 2 is 1.16 bits per heavy atom. The number of aromatic nitrogens is 1. The molecule has 0 fully saturated rings. The number of anilines is 2. The van der Waals surface area contributed by atoms with Crippen LogP contribution in [-0.4, -0.2) is 4.57 Å². The summed E-state index contributed by atoms with van der Waals surface area (Å²) in [5.41, 5.74) is 11.0. The van der Waals surface area contributed by atoms with Gasteiger partial charge in [-0.3, -0.25) is 0 Å². The maximum atomic E-state index is 2.39. The van der Waals surface area contributed by atoms with Crippen LogP contribution in [0.2, 0.25) is 0 Å². The Labute approximate surface area is 301 Å². The normalized spacial score (nSPS) is 14.4. The molecular formula is C48H34N2S. The van der Waals surface area contributed by atoms with Crippen LogP contribution >= 0.6 is 11.3 Å². The van der Waals surface area contributed by atoms with Gasteiger partial charge in [-0.2, -0.15) is 0 Å². The second-order valence-electron chi connectivity index (χ2n) is 13.3. The monoisotopic (exact) mass is 670 g/mol. The fourth-order valence-corrected chi connectivity index (χ4v) is 9.12. The predicted octanol–water partition coefficient (Wildman–Crippen LogP) is 13.6. The molecule has 1 unspecified atom stereocenters. The Morgan fingerprint density at radius 3 is 1.86 bits per heavy atom. The Bertz CT molecular complexity index is 2710. The van der Waals surface area contributed by atoms with Crippen molar-refractivity contribution >= 4 is 64.7 Å². The van der Waals surface area contributed by atoms with Gasteiger partial charge in [0.2, 0.25) is 0 Å². The van der Waals surface area contributed by atoms with Crippen LogP contribution < -0.4 is 4.90 Å². The number of benzene rings is 7. The van der Waals surface area contributed by atoms with Crippen molar-refractivity contribution in [2.45, 2.75) is 12.3 Å². The van der Waals surface area contributed by atoms with Crippen molar-refractivity contribution < 1.29 is 0 Å². The number of fused-ring (bicyclic) bond motifs is 6. The number of para-hydroxylation sites is 3. The molecule has 10 rings (SSSR count). The van der Waals surface area contributed by atoms with Crippen molar-refractivity contribution in [2.75, 3.05) is 4.90 Å². The lowest BCUT2D eigenvalue weighted by atomic mass is 9.91. The van der Waals surface area contributed by atoms with Gasteiger partial charge >= 0.3 is 0 Å². The van der Waals surface area contributed by atoms with Crippen molar-refractivity contribution in [3.05, 3.63) is 199 Å². The van der Waals surface area contributed by atoms with Gasteiger partial charge in [-0.1, -0.05) is 127 Å². The van der Waals surface area contributed by atoms with Crippen molar-refractivity contribution in [3.63, 3.8) is 0 Å². The number of thiophene rings is 1. The average Bonchev–Trinajstić information content (AvgIpc) is 3.75. The summed E-state index contributed by atoms with van der Waals surface area (Å²) >= 11 is 1.88. The van der Waals surface area contributed by atoms with Crippen molar-refractivity contribution in [1.82, 2.24) is 4.57 Å². The first-order chi connectivity index (χ1) is 25.3. The number of hydrogen-bond donors (Lipinski definition) is 0. The molecule has 3 heteroatoms. The summed E-state index contributed by atoms with van der Waals surface area (Å²) in [4.78, 5) is 2.38. The lowest BCUT2D eigenvalue weighted by Crippen LogP contribution is -2.17. The SMILES string of the molecule is C1=CC(c2ccc(-n3c4ccccc4c4ccccc43)cc2)CC=C1N(c1ccccc1)c1ccc(-c2cccc3c2sc2ccccc23)cc1. The second-order valence-corrected chi connectivity index (χ2v) is 14.3. The first-order valence-corrected chi connectivity index (χ1v) is 18.4. The van der Waals surface area contributed by atoms with Gasteiger partial charge in [0.1, 0.15) is 0 Å². The Kier molecular flexibility index (Phi) is 7.18. The standard InChI is InChI=1S/C48H34N2S/c1-2-11-36(12-3-1)49(38-31-25-35(26-32-38)40-16-10-17-44-43-15-6-9-20-47(43)51-48(40)44)37-27-21-33(22-28-37)34-23-29-39(30-24-34)50-45-18-7-4-13-41(45)42-14-5-8-19-46(42)50/h1-21,23-33H,22H2. The third-order valence-corrected chi connectivity index (χ3v) is 11.6. The summed E-state index contributed by atoms with van der Waals surface area (Å²) in [6, 6.07) is 61.8. The molecule has 1 aliphatic carbocycles. The zero-order chi connectivity index (χ0) is 33.7. The van der Waals surface area contributed by atoms with E-state index in [-0.39, 0.29) is 0 Å². The second kappa shape index (κ2) is 12.3. The minimum atomic E-state index is 0.322. The highest BCUT2D eigenvalue weighted by atomic mass is 32.1. The molecule has 0 saturated heterocycles. The van der Waals surface area contributed by atoms with Gasteiger partial charge in [0.25, 0.3) is 0 Å².